The molecular weight excluding hydrogens is 264 g/mol. The molecule has 2 rings (SSSR count). The van der Waals surface area contributed by atoms with E-state index in [2.05, 4.69) is 10.3 Å². The van der Waals surface area contributed by atoms with Crippen LogP contribution in [0.15, 0.2) is 4.99 Å². The second-order valence-electron chi connectivity index (χ2n) is 6.47. The third-order valence-electron chi connectivity index (χ3n) is 4.73. The van der Waals surface area contributed by atoms with Crippen molar-refractivity contribution in [2.24, 2.45) is 10.9 Å². The minimum atomic E-state index is -0.000401. The number of aliphatic imine (C=N–C) groups is 1. The lowest BCUT2D eigenvalue weighted by molar-refractivity contribution is -0.116. The molecule has 2 aliphatic rings. The fourth-order valence-corrected chi connectivity index (χ4v) is 3.31. The Kier molecular flexibility index (Phi) is 7.20. The third-order valence-corrected chi connectivity index (χ3v) is 4.73. The Balaban J connectivity index is 1.61. The van der Waals surface area contributed by atoms with Gasteiger partial charge in [0.25, 0.3) is 5.91 Å². The van der Waals surface area contributed by atoms with Crippen molar-refractivity contribution in [2.75, 3.05) is 19.8 Å². The Morgan fingerprint density at radius 1 is 1.14 bits per heavy atom. The highest BCUT2D eigenvalue weighted by Gasteiger charge is 2.17. The summed E-state index contributed by atoms with van der Waals surface area (Å²) in [6, 6.07) is 0.263. The number of carbonyl (C=O) groups excluding carboxylic acids is 1. The Morgan fingerprint density at radius 3 is 2.57 bits per heavy atom. The van der Waals surface area contributed by atoms with Crippen LogP contribution in [0.1, 0.15) is 64.7 Å². The molecule has 1 amide bonds. The van der Waals surface area contributed by atoms with Gasteiger partial charge in [0.2, 0.25) is 0 Å². The minimum Gasteiger partial charge on any atom is -0.381 e. The van der Waals surface area contributed by atoms with Crippen LogP contribution >= 0.6 is 0 Å². The van der Waals surface area contributed by atoms with Crippen LogP contribution in [0.4, 0.5) is 0 Å². The van der Waals surface area contributed by atoms with Gasteiger partial charge in [-0.05, 0) is 38.5 Å². The summed E-state index contributed by atoms with van der Waals surface area (Å²) >= 11 is 0. The molecule has 0 aromatic heterocycles. The molecule has 1 heterocycles. The Hall–Kier alpha value is -0.900. The predicted octanol–water partition coefficient (Wildman–Crippen LogP) is 3.10. The lowest BCUT2D eigenvalue weighted by Crippen LogP contribution is -2.41. The molecule has 21 heavy (non-hydrogen) atoms. The minimum absolute atomic E-state index is 0.000401. The number of amides is 1. The van der Waals surface area contributed by atoms with Crippen molar-refractivity contribution in [3.8, 4) is 0 Å². The second-order valence-corrected chi connectivity index (χ2v) is 6.47. The standard InChI is InChI=1S/C17H30N2O2/c1-14(17(20)19-16-9-12-21-13-10-16)18-11-5-8-15-6-3-2-4-7-15/h15-16H,2-13H2,1H3,(H,19,20). The number of rotatable bonds is 6. The molecule has 4 nitrogen and oxygen atoms in total. The monoisotopic (exact) mass is 294 g/mol. The van der Waals surface area contributed by atoms with Gasteiger partial charge in [-0.25, -0.2) is 0 Å². The summed E-state index contributed by atoms with van der Waals surface area (Å²) < 4.78 is 5.30. The first-order valence-electron chi connectivity index (χ1n) is 8.65. The number of nitrogens with zero attached hydrogens (tertiary/aromatic N) is 1. The molecular formula is C17H30N2O2. The van der Waals surface area contributed by atoms with Crippen molar-refractivity contribution in [1.82, 2.24) is 5.32 Å². The molecule has 0 aromatic rings. The first-order chi connectivity index (χ1) is 10.3. The zero-order valence-corrected chi connectivity index (χ0v) is 13.4. The topological polar surface area (TPSA) is 50.7 Å². The van der Waals surface area contributed by atoms with Gasteiger partial charge in [0.05, 0.1) is 5.71 Å². The summed E-state index contributed by atoms with van der Waals surface area (Å²) in [5.74, 6) is 0.907. The van der Waals surface area contributed by atoms with E-state index >= 15 is 0 Å². The predicted molar refractivity (Wildman–Crippen MR) is 85.8 cm³/mol. The number of nitrogens with one attached hydrogen (secondary N) is 1. The van der Waals surface area contributed by atoms with Gasteiger partial charge < -0.3 is 10.1 Å². The Morgan fingerprint density at radius 2 is 1.86 bits per heavy atom. The first-order valence-corrected chi connectivity index (χ1v) is 8.65. The molecule has 1 saturated carbocycles. The highest BCUT2D eigenvalue weighted by molar-refractivity contribution is 6.37. The van der Waals surface area contributed by atoms with Crippen LogP contribution in [0.3, 0.4) is 0 Å². The van der Waals surface area contributed by atoms with E-state index in [-0.39, 0.29) is 11.9 Å². The quantitative estimate of drug-likeness (QED) is 0.604. The zero-order chi connectivity index (χ0) is 14.9. The summed E-state index contributed by atoms with van der Waals surface area (Å²) in [6.45, 7) is 4.13. The molecule has 120 valence electrons. The maximum Gasteiger partial charge on any atom is 0.265 e. The molecule has 0 unspecified atom stereocenters. The number of ether oxygens (including phenoxy) is 1. The van der Waals surface area contributed by atoms with E-state index in [0.717, 1.165) is 44.9 Å². The molecule has 0 spiro atoms. The highest BCUT2D eigenvalue weighted by atomic mass is 16.5. The van der Waals surface area contributed by atoms with Crippen molar-refractivity contribution in [3.63, 3.8) is 0 Å². The normalized spacial score (nSPS) is 22.2. The Bertz CT molecular complexity index is 343. The van der Waals surface area contributed by atoms with Gasteiger partial charge in [0.15, 0.2) is 0 Å². The van der Waals surface area contributed by atoms with E-state index in [1.807, 2.05) is 6.92 Å². The van der Waals surface area contributed by atoms with Crippen molar-refractivity contribution in [3.05, 3.63) is 0 Å². The molecule has 0 radical (unpaired) electrons. The maximum atomic E-state index is 12.0. The SMILES string of the molecule is CC(=NCCCC1CCCCC1)C(=O)NC1CCOCC1. The lowest BCUT2D eigenvalue weighted by Gasteiger charge is -2.23. The summed E-state index contributed by atoms with van der Waals surface area (Å²) in [7, 11) is 0. The summed E-state index contributed by atoms with van der Waals surface area (Å²) in [5.41, 5.74) is 0.630. The number of hydrogen-bond donors (Lipinski definition) is 1. The van der Waals surface area contributed by atoms with E-state index < -0.39 is 0 Å². The van der Waals surface area contributed by atoms with Gasteiger partial charge in [-0.15, -0.1) is 0 Å². The summed E-state index contributed by atoms with van der Waals surface area (Å²) in [6.07, 6.45) is 11.2. The van der Waals surface area contributed by atoms with Crippen LogP contribution in [0.25, 0.3) is 0 Å². The van der Waals surface area contributed by atoms with Crippen molar-refractivity contribution in [2.45, 2.75) is 70.8 Å². The average molecular weight is 294 g/mol. The first kappa shape index (κ1) is 16.5. The van der Waals surface area contributed by atoms with Gasteiger partial charge in [-0.1, -0.05) is 32.1 Å². The molecule has 0 bridgehead atoms. The zero-order valence-electron chi connectivity index (χ0n) is 13.4. The highest BCUT2D eigenvalue weighted by Crippen LogP contribution is 2.27. The van der Waals surface area contributed by atoms with Gasteiger partial charge in [-0.2, -0.15) is 0 Å². The van der Waals surface area contributed by atoms with Crippen LogP contribution in [0, 0.1) is 5.92 Å². The lowest BCUT2D eigenvalue weighted by atomic mass is 9.86. The summed E-state index contributed by atoms with van der Waals surface area (Å²) in [4.78, 5) is 16.5. The van der Waals surface area contributed by atoms with E-state index in [1.54, 1.807) is 0 Å². The van der Waals surface area contributed by atoms with Crippen LogP contribution in [-0.4, -0.2) is 37.4 Å². The van der Waals surface area contributed by atoms with Gasteiger partial charge in [-0.3, -0.25) is 9.79 Å². The molecule has 1 N–H and O–H groups in total. The average Bonchev–Trinajstić information content (AvgIpc) is 2.53. The van der Waals surface area contributed by atoms with E-state index in [0.29, 0.717) is 5.71 Å². The van der Waals surface area contributed by atoms with Gasteiger partial charge in [0, 0.05) is 25.8 Å². The maximum absolute atomic E-state index is 12.0. The number of hydrogen-bond acceptors (Lipinski definition) is 3. The largest absolute Gasteiger partial charge is 0.381 e. The van der Waals surface area contributed by atoms with Crippen molar-refractivity contribution < 1.29 is 9.53 Å². The second kappa shape index (κ2) is 9.19. The van der Waals surface area contributed by atoms with E-state index in [9.17, 15) is 4.79 Å². The van der Waals surface area contributed by atoms with Crippen molar-refractivity contribution >= 4 is 11.6 Å². The van der Waals surface area contributed by atoms with Crippen LogP contribution in [0.5, 0.6) is 0 Å². The fraction of sp³-hybridized carbons (Fsp3) is 0.882. The smallest absolute Gasteiger partial charge is 0.265 e. The fourth-order valence-electron chi connectivity index (χ4n) is 3.31. The molecule has 1 saturated heterocycles. The van der Waals surface area contributed by atoms with E-state index in [1.165, 1.54) is 38.5 Å². The van der Waals surface area contributed by atoms with Crippen LogP contribution in [0.2, 0.25) is 0 Å². The molecule has 2 fully saturated rings. The summed E-state index contributed by atoms with van der Waals surface area (Å²) in [5, 5.41) is 3.06. The third kappa shape index (κ3) is 6.16. The molecule has 1 aliphatic carbocycles. The van der Waals surface area contributed by atoms with Crippen LogP contribution in [-0.2, 0) is 9.53 Å². The molecule has 1 aliphatic heterocycles. The van der Waals surface area contributed by atoms with E-state index in [4.69, 9.17) is 4.74 Å². The van der Waals surface area contributed by atoms with Gasteiger partial charge >= 0.3 is 0 Å². The Labute approximate surface area is 128 Å². The number of carbonyl (C=O) groups is 1. The molecule has 0 aromatic carbocycles. The van der Waals surface area contributed by atoms with Crippen molar-refractivity contribution in [1.29, 1.82) is 0 Å². The molecule has 4 heteroatoms. The van der Waals surface area contributed by atoms with Gasteiger partial charge in [0.1, 0.15) is 0 Å². The van der Waals surface area contributed by atoms with Crippen LogP contribution < -0.4 is 5.32 Å². The molecule has 0 atom stereocenters.